The second-order valence-corrected chi connectivity index (χ2v) is 4.79. The average Bonchev–Trinajstić information content (AvgIpc) is 2.15. The number of urea groups is 1. The minimum Gasteiger partial charge on any atom is -0.458 e. The Hall–Kier alpha value is -1.30. The molecule has 6 nitrogen and oxygen atoms in total. The first-order valence-electron chi connectivity index (χ1n) is 5.31. The van der Waals surface area contributed by atoms with Crippen LogP contribution in [0.1, 0.15) is 20.8 Å². The zero-order valence-corrected chi connectivity index (χ0v) is 9.95. The fraction of sp³-hybridized carbons (Fsp3) is 0.800. The van der Waals surface area contributed by atoms with Gasteiger partial charge >= 0.3 is 12.0 Å². The van der Waals surface area contributed by atoms with E-state index in [-0.39, 0.29) is 0 Å². The molecule has 0 bridgehead atoms. The van der Waals surface area contributed by atoms with Crippen LogP contribution >= 0.6 is 0 Å². The van der Waals surface area contributed by atoms with Crippen LogP contribution in [0.25, 0.3) is 0 Å². The molecular weight excluding hydrogens is 210 g/mol. The second kappa shape index (κ2) is 4.69. The summed E-state index contributed by atoms with van der Waals surface area (Å²) < 4.78 is 5.23. The maximum atomic E-state index is 11.8. The number of rotatable bonds is 1. The number of carbonyl (C=O) groups excluding carboxylic acids is 2. The van der Waals surface area contributed by atoms with Crippen molar-refractivity contribution in [3.63, 3.8) is 0 Å². The molecule has 0 aromatic carbocycles. The summed E-state index contributed by atoms with van der Waals surface area (Å²) in [5, 5.41) is 3.04. The third kappa shape index (κ3) is 3.37. The number of hydrogen-bond donors (Lipinski definition) is 2. The predicted octanol–water partition coefficient (Wildman–Crippen LogP) is -0.319. The Morgan fingerprint density at radius 2 is 2.06 bits per heavy atom. The van der Waals surface area contributed by atoms with Crippen molar-refractivity contribution >= 4 is 12.0 Å². The Morgan fingerprint density at radius 3 is 2.56 bits per heavy atom. The van der Waals surface area contributed by atoms with Gasteiger partial charge < -0.3 is 20.7 Å². The summed E-state index contributed by atoms with van der Waals surface area (Å²) in [6, 6.07) is -1.21. The van der Waals surface area contributed by atoms with E-state index in [4.69, 9.17) is 10.5 Å². The summed E-state index contributed by atoms with van der Waals surface area (Å²) in [6.45, 7) is 6.82. The lowest BCUT2D eigenvalue weighted by molar-refractivity contribution is -0.160. The van der Waals surface area contributed by atoms with Crippen LogP contribution in [-0.2, 0) is 9.53 Å². The minimum absolute atomic E-state index is 0.387. The SMILES string of the molecule is CC(C)(C)OC(=O)C1CNCCN1C(N)=O. The monoisotopic (exact) mass is 229 g/mol. The van der Waals surface area contributed by atoms with Gasteiger partial charge in [-0.05, 0) is 20.8 Å². The van der Waals surface area contributed by atoms with Crippen molar-refractivity contribution in [2.75, 3.05) is 19.6 Å². The number of nitrogens with zero attached hydrogens (tertiary/aromatic N) is 1. The summed E-state index contributed by atoms with van der Waals surface area (Å²) in [4.78, 5) is 24.3. The standard InChI is InChI=1S/C10H19N3O3/c1-10(2,3)16-8(14)7-6-12-4-5-13(7)9(11)15/h7,12H,4-6H2,1-3H3,(H2,11,15). The molecule has 0 saturated carbocycles. The number of carbonyl (C=O) groups is 2. The highest BCUT2D eigenvalue weighted by atomic mass is 16.6. The van der Waals surface area contributed by atoms with Crippen LogP contribution in [0.2, 0.25) is 0 Å². The van der Waals surface area contributed by atoms with E-state index in [1.54, 1.807) is 20.8 Å². The predicted molar refractivity (Wildman–Crippen MR) is 58.8 cm³/mol. The molecule has 1 aliphatic heterocycles. The van der Waals surface area contributed by atoms with Crippen molar-refractivity contribution in [1.82, 2.24) is 10.2 Å². The molecule has 1 rings (SSSR count). The van der Waals surface area contributed by atoms with Crippen LogP contribution in [0.5, 0.6) is 0 Å². The third-order valence-electron chi connectivity index (χ3n) is 2.21. The molecule has 0 aromatic heterocycles. The molecule has 0 aliphatic carbocycles. The maximum absolute atomic E-state index is 11.8. The van der Waals surface area contributed by atoms with Gasteiger partial charge in [0.15, 0.2) is 0 Å². The Balaban J connectivity index is 2.68. The Kier molecular flexibility index (Phi) is 3.74. The van der Waals surface area contributed by atoms with Gasteiger partial charge in [-0.2, -0.15) is 0 Å². The van der Waals surface area contributed by atoms with Crippen LogP contribution < -0.4 is 11.1 Å². The summed E-state index contributed by atoms with van der Waals surface area (Å²) in [7, 11) is 0. The van der Waals surface area contributed by atoms with Crippen LogP contribution in [0, 0.1) is 0 Å². The van der Waals surface area contributed by atoms with Gasteiger partial charge in [-0.1, -0.05) is 0 Å². The number of esters is 1. The van der Waals surface area contributed by atoms with Crippen molar-refractivity contribution in [2.24, 2.45) is 5.73 Å². The number of piperazine rings is 1. The first-order chi connectivity index (χ1) is 7.31. The molecule has 0 spiro atoms. The normalized spacial score (nSPS) is 21.7. The van der Waals surface area contributed by atoms with Gasteiger partial charge in [-0.25, -0.2) is 9.59 Å². The third-order valence-corrected chi connectivity index (χ3v) is 2.21. The first-order valence-corrected chi connectivity index (χ1v) is 5.31. The zero-order valence-electron chi connectivity index (χ0n) is 9.95. The van der Waals surface area contributed by atoms with Crippen molar-refractivity contribution < 1.29 is 14.3 Å². The molecule has 6 heteroatoms. The van der Waals surface area contributed by atoms with Gasteiger partial charge in [0.05, 0.1) is 0 Å². The van der Waals surface area contributed by atoms with E-state index in [1.807, 2.05) is 0 Å². The largest absolute Gasteiger partial charge is 0.458 e. The van der Waals surface area contributed by atoms with E-state index in [0.29, 0.717) is 19.6 Å². The van der Waals surface area contributed by atoms with Crippen molar-refractivity contribution in [1.29, 1.82) is 0 Å². The molecule has 1 heterocycles. The Bertz CT molecular complexity index is 286. The van der Waals surface area contributed by atoms with Crippen LogP contribution in [0.15, 0.2) is 0 Å². The van der Waals surface area contributed by atoms with Gasteiger partial charge in [0.2, 0.25) is 0 Å². The second-order valence-electron chi connectivity index (χ2n) is 4.79. The van der Waals surface area contributed by atoms with Crippen LogP contribution in [0.3, 0.4) is 0 Å². The summed E-state index contributed by atoms with van der Waals surface area (Å²) in [5.74, 6) is -0.418. The molecule has 1 saturated heterocycles. The summed E-state index contributed by atoms with van der Waals surface area (Å²) >= 11 is 0. The van der Waals surface area contributed by atoms with Gasteiger partial charge in [-0.3, -0.25) is 0 Å². The Morgan fingerprint density at radius 1 is 1.44 bits per heavy atom. The molecule has 1 unspecified atom stereocenters. The number of amides is 2. The number of nitrogens with two attached hydrogens (primary N) is 1. The molecule has 1 aliphatic rings. The number of hydrogen-bond acceptors (Lipinski definition) is 4. The molecule has 0 aromatic rings. The van der Waals surface area contributed by atoms with Gasteiger partial charge in [0.1, 0.15) is 11.6 Å². The van der Waals surface area contributed by atoms with Crippen molar-refractivity contribution in [2.45, 2.75) is 32.4 Å². The number of nitrogens with one attached hydrogen (secondary N) is 1. The molecule has 0 radical (unpaired) electrons. The molecule has 92 valence electrons. The summed E-state index contributed by atoms with van der Waals surface area (Å²) in [6.07, 6.45) is 0. The molecule has 16 heavy (non-hydrogen) atoms. The average molecular weight is 229 g/mol. The number of ether oxygens (including phenoxy) is 1. The topological polar surface area (TPSA) is 84.7 Å². The molecule has 3 N–H and O–H groups in total. The molecule has 1 atom stereocenters. The Labute approximate surface area is 95.1 Å². The lowest BCUT2D eigenvalue weighted by Crippen LogP contribution is -2.59. The van der Waals surface area contributed by atoms with Crippen molar-refractivity contribution in [3.8, 4) is 0 Å². The molecular formula is C10H19N3O3. The van der Waals surface area contributed by atoms with Gasteiger partial charge in [0.25, 0.3) is 0 Å². The highest BCUT2D eigenvalue weighted by Gasteiger charge is 2.34. The van der Waals surface area contributed by atoms with E-state index in [0.717, 1.165) is 0 Å². The van der Waals surface area contributed by atoms with Crippen LogP contribution in [0.4, 0.5) is 4.79 Å². The number of primary amides is 1. The van der Waals surface area contributed by atoms with Crippen molar-refractivity contribution in [3.05, 3.63) is 0 Å². The maximum Gasteiger partial charge on any atom is 0.330 e. The van der Waals surface area contributed by atoms with Gasteiger partial charge in [-0.15, -0.1) is 0 Å². The van der Waals surface area contributed by atoms with E-state index < -0.39 is 23.6 Å². The first kappa shape index (κ1) is 12.8. The highest BCUT2D eigenvalue weighted by Crippen LogP contribution is 2.12. The quantitative estimate of drug-likeness (QED) is 0.603. The molecule has 2 amide bonds. The minimum atomic E-state index is -0.620. The van der Waals surface area contributed by atoms with E-state index in [2.05, 4.69) is 5.32 Å². The lowest BCUT2D eigenvalue weighted by atomic mass is 10.1. The van der Waals surface area contributed by atoms with Gasteiger partial charge in [0, 0.05) is 19.6 Å². The van der Waals surface area contributed by atoms with E-state index in [1.165, 1.54) is 4.90 Å². The fourth-order valence-electron chi connectivity index (χ4n) is 1.55. The zero-order chi connectivity index (χ0) is 12.3. The van der Waals surface area contributed by atoms with E-state index >= 15 is 0 Å². The van der Waals surface area contributed by atoms with E-state index in [9.17, 15) is 9.59 Å². The lowest BCUT2D eigenvalue weighted by Gasteiger charge is -2.34. The smallest absolute Gasteiger partial charge is 0.330 e. The molecule has 1 fully saturated rings. The van der Waals surface area contributed by atoms with Crippen LogP contribution in [-0.4, -0.2) is 48.2 Å². The fourth-order valence-corrected chi connectivity index (χ4v) is 1.55. The highest BCUT2D eigenvalue weighted by molar-refractivity contribution is 5.83. The summed E-state index contributed by atoms with van der Waals surface area (Å²) in [5.41, 5.74) is 4.65.